The van der Waals surface area contributed by atoms with Crippen molar-refractivity contribution in [3.8, 4) is 16.9 Å². The molecule has 7 heteroatoms. The van der Waals surface area contributed by atoms with E-state index >= 15 is 8.78 Å². The van der Waals surface area contributed by atoms with Crippen LogP contribution in [0.15, 0.2) is 65.7 Å². The minimum atomic E-state index is -1.51. The summed E-state index contributed by atoms with van der Waals surface area (Å²) in [7, 11) is 0. The molecule has 4 atom stereocenters. The van der Waals surface area contributed by atoms with Crippen LogP contribution in [0.25, 0.3) is 11.1 Å². The summed E-state index contributed by atoms with van der Waals surface area (Å²) >= 11 is 0. The lowest BCUT2D eigenvalue weighted by Crippen LogP contribution is -2.29. The van der Waals surface area contributed by atoms with Crippen LogP contribution in [0.2, 0.25) is 0 Å². The molecule has 192 valence electrons. The molecule has 3 aromatic carbocycles. The maximum Gasteiger partial charge on any atom is 0.235 e. The first-order valence-corrected chi connectivity index (χ1v) is 12.7. The Morgan fingerprint density at radius 3 is 2.51 bits per heavy atom. The number of para-hydroxylation sites is 1. The normalized spacial score (nSPS) is 24.8. The van der Waals surface area contributed by atoms with E-state index in [-0.39, 0.29) is 5.92 Å². The molecule has 0 aromatic heterocycles. The Labute approximate surface area is 213 Å². The van der Waals surface area contributed by atoms with Gasteiger partial charge in [0.1, 0.15) is 17.2 Å². The molecule has 0 spiro atoms. The second-order valence-corrected chi connectivity index (χ2v) is 10.1. The van der Waals surface area contributed by atoms with Gasteiger partial charge in [-0.05, 0) is 41.3 Å². The van der Waals surface area contributed by atoms with Crippen LogP contribution in [0, 0.1) is 5.82 Å². The molecular weight excluding hydrogens is 479 g/mol. The topological polar surface area (TPSA) is 51.0 Å². The van der Waals surface area contributed by atoms with Crippen molar-refractivity contribution < 1.29 is 27.8 Å². The number of ether oxygens (including phenoxy) is 2. The molecule has 1 saturated heterocycles. The Bertz CT molecular complexity index is 1350. The number of fused-ring (bicyclic) bond motifs is 3. The fourth-order valence-electron chi connectivity index (χ4n) is 6.05. The van der Waals surface area contributed by atoms with Gasteiger partial charge >= 0.3 is 0 Å². The van der Waals surface area contributed by atoms with E-state index in [9.17, 15) is 9.50 Å². The Morgan fingerprint density at radius 2 is 1.78 bits per heavy atom. The summed E-state index contributed by atoms with van der Waals surface area (Å²) in [6.07, 6.45) is -1.40. The third-order valence-electron chi connectivity index (χ3n) is 7.86. The minimum absolute atomic E-state index is 0.303. The molecule has 3 aromatic rings. The smallest absolute Gasteiger partial charge is 0.235 e. The van der Waals surface area contributed by atoms with Gasteiger partial charge in [0.25, 0.3) is 0 Å². The lowest BCUT2D eigenvalue weighted by Gasteiger charge is -2.30. The number of aliphatic hydroxyl groups excluding tert-OH is 1. The predicted molar refractivity (Wildman–Crippen MR) is 136 cm³/mol. The van der Waals surface area contributed by atoms with Crippen LogP contribution in [0.3, 0.4) is 0 Å². The zero-order chi connectivity index (χ0) is 25.7. The third-order valence-corrected chi connectivity index (χ3v) is 7.86. The summed E-state index contributed by atoms with van der Waals surface area (Å²) in [6.45, 7) is 2.07. The van der Waals surface area contributed by atoms with E-state index in [0.717, 1.165) is 0 Å². The maximum atomic E-state index is 16.2. The fraction of sp³-hybridized carbons (Fsp3) is 0.367. The van der Waals surface area contributed by atoms with Crippen molar-refractivity contribution in [2.45, 2.75) is 56.2 Å². The van der Waals surface area contributed by atoms with E-state index in [1.54, 1.807) is 48.5 Å². The van der Waals surface area contributed by atoms with Crippen molar-refractivity contribution in [1.82, 2.24) is 0 Å². The average Bonchev–Trinajstić information content (AvgIpc) is 3.43. The van der Waals surface area contributed by atoms with E-state index < -0.39 is 29.9 Å². The van der Waals surface area contributed by atoms with Crippen LogP contribution in [-0.4, -0.2) is 36.5 Å². The molecular formula is C30H28F3NO3. The number of aliphatic hydroxyl groups is 1. The molecule has 6 rings (SSSR count). The Morgan fingerprint density at radius 1 is 1.05 bits per heavy atom. The average molecular weight is 508 g/mol. The zero-order valence-corrected chi connectivity index (χ0v) is 20.5. The number of hydrogen-bond donors (Lipinski definition) is 1. The van der Waals surface area contributed by atoms with Crippen molar-refractivity contribution in [3.05, 3.63) is 83.2 Å². The van der Waals surface area contributed by atoms with Crippen LogP contribution < -0.4 is 4.74 Å². The van der Waals surface area contributed by atoms with Gasteiger partial charge < -0.3 is 14.6 Å². The molecule has 0 bridgehead atoms. The molecule has 3 aliphatic rings. The van der Waals surface area contributed by atoms with Crippen LogP contribution in [0.5, 0.6) is 5.75 Å². The molecule has 0 radical (unpaired) electrons. The van der Waals surface area contributed by atoms with Crippen molar-refractivity contribution >= 4 is 11.4 Å². The number of benzene rings is 3. The highest BCUT2D eigenvalue weighted by Gasteiger charge is 2.47. The second kappa shape index (κ2) is 9.30. The van der Waals surface area contributed by atoms with E-state index in [2.05, 4.69) is 4.99 Å². The summed E-state index contributed by atoms with van der Waals surface area (Å²) < 4.78 is 56.0. The molecule has 1 saturated carbocycles. The molecule has 3 unspecified atom stereocenters. The van der Waals surface area contributed by atoms with Gasteiger partial charge in [0, 0.05) is 55.9 Å². The number of alkyl halides is 2. The summed E-state index contributed by atoms with van der Waals surface area (Å²) in [6, 6.07) is 17.5. The molecule has 1 aliphatic carbocycles. The fourth-order valence-corrected chi connectivity index (χ4v) is 6.05. The molecule has 2 aliphatic heterocycles. The predicted octanol–water partition coefficient (Wildman–Crippen LogP) is 6.88. The summed E-state index contributed by atoms with van der Waals surface area (Å²) in [5.74, 6) is -0.839. The molecule has 4 nitrogen and oxygen atoms in total. The Kier molecular flexibility index (Phi) is 6.08. The minimum Gasteiger partial charge on any atom is -0.460 e. The maximum absolute atomic E-state index is 16.2. The summed E-state index contributed by atoms with van der Waals surface area (Å²) in [5.41, 5.74) is 2.32. The highest BCUT2D eigenvalue weighted by atomic mass is 19.1. The molecule has 0 amide bonds. The summed E-state index contributed by atoms with van der Waals surface area (Å²) in [5, 5.41) is 10.8. The number of nitrogens with zero attached hydrogens (tertiary/aromatic N) is 1. The van der Waals surface area contributed by atoms with Crippen molar-refractivity contribution in [2.24, 2.45) is 4.99 Å². The van der Waals surface area contributed by atoms with Gasteiger partial charge in [-0.15, -0.1) is 0 Å². The van der Waals surface area contributed by atoms with E-state index in [1.165, 1.54) is 6.92 Å². The standard InChI is InChI=1S/C30H28F3NO3/c1-17(31)37-25-5-3-2-4-21(25)22-16-24(35)29-26(22)27-23(34-29)11-10-20(28(27)32)18-6-8-19(9-7-18)30(33)12-14-36-15-13-30/h2-11,17,22,24,26,35H,12-16H2,1H3/t17?,22-,24?,26?/m1/s1. The lowest BCUT2D eigenvalue weighted by molar-refractivity contribution is -0.0114. The molecule has 37 heavy (non-hydrogen) atoms. The van der Waals surface area contributed by atoms with Gasteiger partial charge in [0.2, 0.25) is 6.36 Å². The quantitative estimate of drug-likeness (QED) is 0.410. The number of hydrogen-bond acceptors (Lipinski definition) is 4. The van der Waals surface area contributed by atoms with Gasteiger partial charge in [0.05, 0.1) is 17.5 Å². The van der Waals surface area contributed by atoms with Gasteiger partial charge in [-0.1, -0.05) is 42.5 Å². The van der Waals surface area contributed by atoms with Gasteiger partial charge in [-0.25, -0.2) is 13.2 Å². The van der Waals surface area contributed by atoms with E-state index in [0.29, 0.717) is 77.4 Å². The number of rotatable bonds is 5. The highest BCUT2D eigenvalue weighted by molar-refractivity contribution is 6.04. The van der Waals surface area contributed by atoms with Crippen LogP contribution in [0.1, 0.15) is 54.7 Å². The number of aliphatic imine (C=N–C) groups is 1. The van der Waals surface area contributed by atoms with Gasteiger partial charge in [0.15, 0.2) is 0 Å². The first-order chi connectivity index (χ1) is 17.9. The van der Waals surface area contributed by atoms with Crippen LogP contribution in [-0.2, 0) is 10.4 Å². The Hall–Kier alpha value is -3.16. The van der Waals surface area contributed by atoms with E-state index in [1.807, 2.05) is 12.1 Å². The van der Waals surface area contributed by atoms with Gasteiger partial charge in [-0.3, -0.25) is 4.99 Å². The first kappa shape index (κ1) is 24.2. The zero-order valence-electron chi connectivity index (χ0n) is 20.5. The van der Waals surface area contributed by atoms with Crippen molar-refractivity contribution in [1.29, 1.82) is 0 Å². The summed E-state index contributed by atoms with van der Waals surface area (Å²) in [4.78, 5) is 4.59. The largest absolute Gasteiger partial charge is 0.460 e. The van der Waals surface area contributed by atoms with Crippen molar-refractivity contribution in [2.75, 3.05) is 13.2 Å². The van der Waals surface area contributed by atoms with Crippen LogP contribution in [0.4, 0.5) is 18.9 Å². The van der Waals surface area contributed by atoms with Crippen molar-refractivity contribution in [3.63, 3.8) is 0 Å². The first-order valence-electron chi connectivity index (χ1n) is 12.7. The lowest BCUT2D eigenvalue weighted by atomic mass is 9.82. The second-order valence-electron chi connectivity index (χ2n) is 10.1. The van der Waals surface area contributed by atoms with Gasteiger partial charge in [-0.2, -0.15) is 0 Å². The molecule has 2 heterocycles. The SMILES string of the molecule is CC(F)Oc1ccccc1[C@H]1CC(O)C2=Nc3ccc(-c4ccc(C5(F)CCOCC5)cc4)c(F)c3C21. The Balaban J connectivity index is 1.37. The number of halogens is 3. The molecule has 1 N–H and O–H groups in total. The highest BCUT2D eigenvalue weighted by Crippen LogP contribution is 2.54. The monoisotopic (exact) mass is 507 g/mol. The third kappa shape index (κ3) is 4.14. The van der Waals surface area contributed by atoms with Crippen LogP contribution >= 0.6 is 0 Å². The molecule has 2 fully saturated rings. The van der Waals surface area contributed by atoms with E-state index in [4.69, 9.17) is 9.47 Å².